The van der Waals surface area contributed by atoms with Crippen molar-refractivity contribution in [3.05, 3.63) is 24.4 Å². The zero-order valence-electron chi connectivity index (χ0n) is 3.57. The van der Waals surface area contributed by atoms with Crippen molar-refractivity contribution in [3.8, 4) is 0 Å². The first-order chi connectivity index (χ1) is 2.89. The maximum absolute atomic E-state index is 3.66. The van der Waals surface area contributed by atoms with Gasteiger partial charge in [-0.05, 0) is 6.08 Å². The summed E-state index contributed by atoms with van der Waals surface area (Å²) < 4.78 is 0. The number of hydrogen-bond donors (Lipinski definition) is 1. The number of hydrogen-bond acceptors (Lipinski definition) is 1. The van der Waals surface area contributed by atoms with Crippen LogP contribution in [-0.2, 0) is 0 Å². The Morgan fingerprint density at radius 2 is 2.67 bits per heavy atom. The van der Waals surface area contributed by atoms with Gasteiger partial charge in [-0.25, -0.2) is 0 Å². The van der Waals surface area contributed by atoms with E-state index in [0.717, 1.165) is 12.2 Å². The van der Waals surface area contributed by atoms with Crippen LogP contribution in [0.15, 0.2) is 24.4 Å². The first-order valence-corrected chi connectivity index (χ1v) is 1.99. The fourth-order valence-corrected chi connectivity index (χ4v) is 0.450. The summed E-state index contributed by atoms with van der Waals surface area (Å²) in [4.78, 5) is 0. The fourth-order valence-electron chi connectivity index (χ4n) is 0.450. The van der Waals surface area contributed by atoms with Crippen molar-refractivity contribution >= 4 is 0 Å². The number of nitrogens with one attached hydrogen (secondary N) is 1. The monoisotopic (exact) mass is 81.1 g/mol. The molecule has 1 heterocycles. The van der Waals surface area contributed by atoms with Crippen molar-refractivity contribution in [1.29, 1.82) is 0 Å². The highest BCUT2D eigenvalue weighted by Gasteiger charge is 1.88. The number of allylic oxidation sites excluding steroid dienone is 1. The summed E-state index contributed by atoms with van der Waals surface area (Å²) in [6, 6.07) is 0. The topological polar surface area (TPSA) is 12.0 Å². The molecule has 0 amide bonds. The predicted molar refractivity (Wildman–Crippen MR) is 26.3 cm³/mol. The maximum Gasteiger partial charge on any atom is 0.0334 e. The third-order valence-corrected chi connectivity index (χ3v) is 0.766. The molecule has 0 unspecified atom stereocenters. The molecule has 32 valence electrons. The lowest BCUT2D eigenvalue weighted by atomic mass is 10.5. The van der Waals surface area contributed by atoms with Crippen LogP contribution in [0.5, 0.6) is 0 Å². The molecule has 1 aliphatic rings. The highest BCUT2D eigenvalue weighted by molar-refractivity contribution is 5.18. The van der Waals surface area contributed by atoms with Crippen molar-refractivity contribution in [3.63, 3.8) is 0 Å². The lowest BCUT2D eigenvalue weighted by molar-refractivity contribution is 0.987. The zero-order valence-corrected chi connectivity index (χ0v) is 3.57. The minimum absolute atomic E-state index is 0.957. The third-order valence-electron chi connectivity index (χ3n) is 0.766. The Morgan fingerprint density at radius 1 is 1.83 bits per heavy atom. The summed E-state index contributed by atoms with van der Waals surface area (Å²) >= 11 is 0. The summed E-state index contributed by atoms with van der Waals surface area (Å²) in [7, 11) is 0. The van der Waals surface area contributed by atoms with E-state index >= 15 is 0 Å². The number of rotatable bonds is 0. The van der Waals surface area contributed by atoms with E-state index in [2.05, 4.69) is 11.9 Å². The Bertz CT molecular complexity index is 92.1. The van der Waals surface area contributed by atoms with Crippen molar-refractivity contribution < 1.29 is 0 Å². The molecule has 0 radical (unpaired) electrons. The van der Waals surface area contributed by atoms with E-state index in [-0.39, 0.29) is 0 Å². The second-order valence-corrected chi connectivity index (χ2v) is 1.31. The van der Waals surface area contributed by atoms with Crippen LogP contribution < -0.4 is 5.32 Å². The predicted octanol–water partition coefficient (Wildman–Crippen LogP) is 0.659. The van der Waals surface area contributed by atoms with Gasteiger partial charge in [0.05, 0.1) is 0 Å². The molecule has 0 fully saturated rings. The van der Waals surface area contributed by atoms with Gasteiger partial charge in [-0.3, -0.25) is 0 Å². The summed E-state index contributed by atoms with van der Waals surface area (Å²) in [6.07, 6.45) is 4.02. The molecule has 0 atom stereocenters. The van der Waals surface area contributed by atoms with Crippen LogP contribution in [0.25, 0.3) is 0 Å². The van der Waals surface area contributed by atoms with Gasteiger partial charge in [-0.2, -0.15) is 0 Å². The molecule has 0 bridgehead atoms. The van der Waals surface area contributed by atoms with Crippen LogP contribution in [0, 0.1) is 0 Å². The van der Waals surface area contributed by atoms with E-state index in [0.29, 0.717) is 0 Å². The maximum atomic E-state index is 3.66. The Kier molecular flexibility index (Phi) is 0.675. The normalized spacial score (nSPS) is 18.3. The lowest BCUT2D eigenvalue weighted by Crippen LogP contribution is -2.02. The molecular weight excluding hydrogens is 74.1 g/mol. The molecule has 1 heteroatoms. The van der Waals surface area contributed by atoms with Gasteiger partial charge >= 0.3 is 0 Å². The molecule has 1 aliphatic heterocycles. The average molecular weight is 81.1 g/mol. The molecule has 0 aromatic heterocycles. The van der Waals surface area contributed by atoms with Crippen LogP contribution in [0.1, 0.15) is 0 Å². The highest BCUT2D eigenvalue weighted by atomic mass is 14.9. The average Bonchev–Trinajstić information content (AvgIpc) is 1.86. The van der Waals surface area contributed by atoms with Crippen LogP contribution in [-0.4, -0.2) is 6.54 Å². The van der Waals surface area contributed by atoms with E-state index in [9.17, 15) is 0 Å². The summed E-state index contributed by atoms with van der Waals surface area (Å²) in [5, 5.41) is 3.01. The van der Waals surface area contributed by atoms with Gasteiger partial charge in [-0.15, -0.1) is 0 Å². The van der Waals surface area contributed by atoms with Crippen molar-refractivity contribution in [2.75, 3.05) is 6.54 Å². The first kappa shape index (κ1) is 3.47. The second-order valence-electron chi connectivity index (χ2n) is 1.31. The van der Waals surface area contributed by atoms with E-state index in [1.54, 1.807) is 0 Å². The Balaban J connectivity index is 2.59. The highest BCUT2D eigenvalue weighted by Crippen LogP contribution is 1.91. The van der Waals surface area contributed by atoms with Gasteiger partial charge in [0, 0.05) is 12.2 Å². The molecule has 0 aliphatic carbocycles. The summed E-state index contributed by atoms with van der Waals surface area (Å²) in [5.74, 6) is 0. The second kappa shape index (κ2) is 1.17. The standard InChI is InChI=1S/C5H7N/c1-5-3-2-4-6-5/h2-3,6H,1,4H2. The SMILES string of the molecule is C=C1C=CCN1. The van der Waals surface area contributed by atoms with Gasteiger partial charge in [0.25, 0.3) is 0 Å². The molecular formula is C5H7N. The third kappa shape index (κ3) is 0.432. The molecule has 1 rings (SSSR count). The summed E-state index contributed by atoms with van der Waals surface area (Å²) in [6.45, 7) is 4.61. The lowest BCUT2D eigenvalue weighted by Gasteiger charge is -1.87. The molecule has 1 nitrogen and oxygen atoms in total. The van der Waals surface area contributed by atoms with E-state index in [1.165, 1.54) is 0 Å². The molecule has 0 spiro atoms. The van der Waals surface area contributed by atoms with Crippen molar-refractivity contribution in [2.45, 2.75) is 0 Å². The largest absolute Gasteiger partial charge is 0.382 e. The minimum atomic E-state index is 0.957. The van der Waals surface area contributed by atoms with Crippen LogP contribution in [0.2, 0.25) is 0 Å². The van der Waals surface area contributed by atoms with Gasteiger partial charge in [0.1, 0.15) is 0 Å². The van der Waals surface area contributed by atoms with Gasteiger partial charge in [0.2, 0.25) is 0 Å². The Hall–Kier alpha value is -0.720. The van der Waals surface area contributed by atoms with Gasteiger partial charge in [0.15, 0.2) is 0 Å². The molecule has 0 saturated heterocycles. The van der Waals surface area contributed by atoms with Crippen LogP contribution in [0.3, 0.4) is 0 Å². The summed E-state index contributed by atoms with van der Waals surface area (Å²) in [5.41, 5.74) is 1.02. The van der Waals surface area contributed by atoms with E-state index in [1.807, 2.05) is 12.2 Å². The molecule has 1 N–H and O–H groups in total. The van der Waals surface area contributed by atoms with Gasteiger partial charge < -0.3 is 5.32 Å². The quantitative estimate of drug-likeness (QED) is 0.451. The first-order valence-electron chi connectivity index (χ1n) is 1.99. The van der Waals surface area contributed by atoms with Crippen molar-refractivity contribution in [1.82, 2.24) is 5.32 Å². The molecule has 0 aromatic carbocycles. The Labute approximate surface area is 37.4 Å². The zero-order chi connectivity index (χ0) is 4.41. The van der Waals surface area contributed by atoms with Crippen molar-refractivity contribution in [2.24, 2.45) is 0 Å². The smallest absolute Gasteiger partial charge is 0.0334 e. The van der Waals surface area contributed by atoms with Crippen LogP contribution in [0.4, 0.5) is 0 Å². The molecule has 6 heavy (non-hydrogen) atoms. The fraction of sp³-hybridized carbons (Fsp3) is 0.200. The van der Waals surface area contributed by atoms with E-state index < -0.39 is 0 Å². The Morgan fingerprint density at radius 3 is 2.83 bits per heavy atom. The van der Waals surface area contributed by atoms with Gasteiger partial charge in [-0.1, -0.05) is 12.7 Å². The van der Waals surface area contributed by atoms with E-state index in [4.69, 9.17) is 0 Å². The molecule has 0 saturated carbocycles. The van der Waals surface area contributed by atoms with Crippen LogP contribution >= 0.6 is 0 Å². The molecule has 0 aromatic rings. The minimum Gasteiger partial charge on any atom is -0.382 e.